The fourth-order valence-corrected chi connectivity index (χ4v) is 3.22. The molecule has 0 aliphatic heterocycles. The number of aryl methyl sites for hydroxylation is 2. The van der Waals surface area contributed by atoms with Gasteiger partial charge in [-0.1, -0.05) is 19.8 Å². The molecule has 17 heavy (non-hydrogen) atoms. The monoisotopic (exact) mass is 235 g/mol. The van der Waals surface area contributed by atoms with E-state index in [4.69, 9.17) is 4.42 Å². The standard InChI is InChI=1S/C15H25NO/c1-10-5-7-13(8-6-10)15(16-4)14-9-11(2)17-12(14)3/h9-10,13,15-16H,5-8H2,1-4H3. The van der Waals surface area contributed by atoms with Crippen LogP contribution in [0.1, 0.15) is 55.7 Å². The van der Waals surface area contributed by atoms with Crippen molar-refractivity contribution < 1.29 is 4.42 Å². The molecule has 1 aromatic heterocycles. The first-order valence-corrected chi connectivity index (χ1v) is 6.86. The summed E-state index contributed by atoms with van der Waals surface area (Å²) < 4.78 is 5.67. The van der Waals surface area contributed by atoms with Crippen LogP contribution in [-0.4, -0.2) is 7.05 Å². The highest BCUT2D eigenvalue weighted by Gasteiger charge is 2.28. The molecule has 1 heterocycles. The van der Waals surface area contributed by atoms with Crippen molar-refractivity contribution in [3.8, 4) is 0 Å². The van der Waals surface area contributed by atoms with Crippen LogP contribution in [0, 0.1) is 25.7 Å². The average Bonchev–Trinajstić information content (AvgIpc) is 2.62. The molecule has 1 fully saturated rings. The van der Waals surface area contributed by atoms with Gasteiger partial charge in [0.05, 0.1) is 0 Å². The van der Waals surface area contributed by atoms with Crippen molar-refractivity contribution in [1.29, 1.82) is 0 Å². The van der Waals surface area contributed by atoms with Crippen LogP contribution in [0.15, 0.2) is 10.5 Å². The molecule has 1 atom stereocenters. The molecule has 0 bridgehead atoms. The second kappa shape index (κ2) is 5.26. The molecule has 1 saturated carbocycles. The quantitative estimate of drug-likeness (QED) is 0.857. The highest BCUT2D eigenvalue weighted by atomic mass is 16.3. The summed E-state index contributed by atoms with van der Waals surface area (Å²) in [5.41, 5.74) is 1.37. The largest absolute Gasteiger partial charge is 0.466 e. The van der Waals surface area contributed by atoms with Crippen molar-refractivity contribution in [2.24, 2.45) is 11.8 Å². The van der Waals surface area contributed by atoms with E-state index >= 15 is 0 Å². The van der Waals surface area contributed by atoms with E-state index < -0.39 is 0 Å². The summed E-state index contributed by atoms with van der Waals surface area (Å²) in [6.45, 7) is 6.49. The van der Waals surface area contributed by atoms with Crippen LogP contribution in [0.25, 0.3) is 0 Å². The van der Waals surface area contributed by atoms with Crippen LogP contribution in [0.4, 0.5) is 0 Å². The first-order valence-electron chi connectivity index (χ1n) is 6.86. The Morgan fingerprint density at radius 1 is 1.24 bits per heavy atom. The van der Waals surface area contributed by atoms with Crippen molar-refractivity contribution in [3.05, 3.63) is 23.2 Å². The van der Waals surface area contributed by atoms with Gasteiger partial charge in [-0.05, 0) is 51.6 Å². The van der Waals surface area contributed by atoms with Crippen molar-refractivity contribution in [3.63, 3.8) is 0 Å². The Balaban J connectivity index is 2.13. The van der Waals surface area contributed by atoms with Gasteiger partial charge in [0.1, 0.15) is 11.5 Å². The summed E-state index contributed by atoms with van der Waals surface area (Å²) in [5, 5.41) is 3.50. The molecule has 0 saturated heterocycles. The summed E-state index contributed by atoms with van der Waals surface area (Å²) in [6, 6.07) is 2.68. The molecule has 1 aliphatic carbocycles. The van der Waals surface area contributed by atoms with Crippen molar-refractivity contribution in [1.82, 2.24) is 5.32 Å². The van der Waals surface area contributed by atoms with E-state index in [-0.39, 0.29) is 0 Å². The molecule has 1 aliphatic rings. The van der Waals surface area contributed by atoms with Gasteiger partial charge >= 0.3 is 0 Å². The van der Waals surface area contributed by atoms with Crippen molar-refractivity contribution in [2.75, 3.05) is 7.05 Å². The van der Waals surface area contributed by atoms with Gasteiger partial charge in [0.2, 0.25) is 0 Å². The highest BCUT2D eigenvalue weighted by molar-refractivity contribution is 5.24. The van der Waals surface area contributed by atoms with E-state index in [0.717, 1.165) is 23.4 Å². The third-order valence-corrected chi connectivity index (χ3v) is 4.26. The van der Waals surface area contributed by atoms with E-state index in [1.54, 1.807) is 0 Å². The summed E-state index contributed by atoms with van der Waals surface area (Å²) in [7, 11) is 2.07. The molecular formula is C15H25NO. The molecule has 2 heteroatoms. The molecular weight excluding hydrogens is 210 g/mol. The van der Waals surface area contributed by atoms with Crippen molar-refractivity contribution in [2.45, 2.75) is 52.5 Å². The molecule has 1 aromatic rings. The maximum absolute atomic E-state index is 5.67. The predicted molar refractivity (Wildman–Crippen MR) is 71.1 cm³/mol. The lowest BCUT2D eigenvalue weighted by atomic mass is 9.77. The maximum Gasteiger partial charge on any atom is 0.105 e. The highest BCUT2D eigenvalue weighted by Crippen LogP contribution is 2.38. The Morgan fingerprint density at radius 3 is 2.35 bits per heavy atom. The normalized spacial score (nSPS) is 27.1. The average molecular weight is 235 g/mol. The maximum atomic E-state index is 5.67. The van der Waals surface area contributed by atoms with Gasteiger partial charge in [-0.2, -0.15) is 0 Å². The lowest BCUT2D eigenvalue weighted by Gasteiger charge is -2.32. The summed E-state index contributed by atoms with van der Waals surface area (Å²) >= 11 is 0. The van der Waals surface area contributed by atoms with E-state index in [1.807, 2.05) is 6.92 Å². The van der Waals surface area contributed by atoms with Crippen LogP contribution < -0.4 is 5.32 Å². The van der Waals surface area contributed by atoms with Crippen LogP contribution in [0.5, 0.6) is 0 Å². The summed E-state index contributed by atoms with van der Waals surface area (Å²) in [6.07, 6.45) is 5.43. The molecule has 0 aromatic carbocycles. The lowest BCUT2D eigenvalue weighted by molar-refractivity contribution is 0.236. The second-order valence-electron chi connectivity index (χ2n) is 5.65. The van der Waals surface area contributed by atoms with Gasteiger partial charge < -0.3 is 9.73 Å². The van der Waals surface area contributed by atoms with E-state index in [1.165, 1.54) is 31.2 Å². The van der Waals surface area contributed by atoms with Gasteiger partial charge in [0, 0.05) is 11.6 Å². The number of rotatable bonds is 3. The van der Waals surface area contributed by atoms with Crippen molar-refractivity contribution >= 4 is 0 Å². The fourth-order valence-electron chi connectivity index (χ4n) is 3.22. The van der Waals surface area contributed by atoms with Gasteiger partial charge in [0.15, 0.2) is 0 Å². The Labute approximate surface area is 105 Å². The van der Waals surface area contributed by atoms with Gasteiger partial charge in [-0.3, -0.25) is 0 Å². The Hall–Kier alpha value is -0.760. The minimum atomic E-state index is 0.472. The zero-order valence-electron chi connectivity index (χ0n) is 11.5. The third-order valence-electron chi connectivity index (χ3n) is 4.26. The molecule has 2 rings (SSSR count). The molecule has 0 amide bonds. The van der Waals surface area contributed by atoms with Crippen LogP contribution >= 0.6 is 0 Å². The van der Waals surface area contributed by atoms with Crippen LogP contribution in [0.2, 0.25) is 0 Å². The minimum absolute atomic E-state index is 0.472. The molecule has 1 unspecified atom stereocenters. The first kappa shape index (κ1) is 12.7. The van der Waals surface area contributed by atoms with Gasteiger partial charge in [-0.25, -0.2) is 0 Å². The topological polar surface area (TPSA) is 25.2 Å². The number of hydrogen-bond donors (Lipinski definition) is 1. The fraction of sp³-hybridized carbons (Fsp3) is 0.733. The summed E-state index contributed by atoms with van der Waals surface area (Å²) in [5.74, 6) is 3.80. The smallest absolute Gasteiger partial charge is 0.105 e. The number of hydrogen-bond acceptors (Lipinski definition) is 2. The molecule has 2 nitrogen and oxygen atoms in total. The van der Waals surface area contributed by atoms with E-state index in [9.17, 15) is 0 Å². The van der Waals surface area contributed by atoms with Crippen LogP contribution in [0.3, 0.4) is 0 Å². The lowest BCUT2D eigenvalue weighted by Crippen LogP contribution is -2.28. The van der Waals surface area contributed by atoms with Gasteiger partial charge in [-0.15, -0.1) is 0 Å². The first-order chi connectivity index (χ1) is 8.11. The van der Waals surface area contributed by atoms with Gasteiger partial charge in [0.25, 0.3) is 0 Å². The Bertz CT molecular complexity index is 361. The molecule has 0 spiro atoms. The molecule has 1 N–H and O–H groups in total. The Kier molecular flexibility index (Phi) is 3.93. The summed E-state index contributed by atoms with van der Waals surface area (Å²) in [4.78, 5) is 0. The second-order valence-corrected chi connectivity index (χ2v) is 5.65. The predicted octanol–water partition coefficient (Wildman–Crippen LogP) is 3.98. The Morgan fingerprint density at radius 2 is 1.88 bits per heavy atom. The zero-order chi connectivity index (χ0) is 12.4. The minimum Gasteiger partial charge on any atom is -0.466 e. The molecule has 96 valence electrons. The zero-order valence-corrected chi connectivity index (χ0v) is 11.5. The van der Waals surface area contributed by atoms with Crippen LogP contribution in [-0.2, 0) is 0 Å². The van der Waals surface area contributed by atoms with E-state index in [0.29, 0.717) is 6.04 Å². The van der Waals surface area contributed by atoms with E-state index in [2.05, 4.69) is 32.3 Å². The molecule has 0 radical (unpaired) electrons. The number of nitrogens with one attached hydrogen (secondary N) is 1. The number of furan rings is 1. The third kappa shape index (κ3) is 2.74. The SMILES string of the molecule is CNC(c1cc(C)oc1C)C1CCC(C)CC1.